The van der Waals surface area contributed by atoms with Gasteiger partial charge in [-0.1, -0.05) is 48.5 Å². The minimum atomic E-state index is -1.22. The van der Waals surface area contributed by atoms with Gasteiger partial charge in [-0.3, -0.25) is 19.3 Å². The van der Waals surface area contributed by atoms with E-state index in [-0.39, 0.29) is 30.9 Å². The minimum Gasteiger partial charge on any atom is -0.390 e. The molecule has 3 amide bonds. The van der Waals surface area contributed by atoms with Crippen LogP contribution in [0.15, 0.2) is 54.6 Å². The molecule has 142 valence electrons. The summed E-state index contributed by atoms with van der Waals surface area (Å²) in [5, 5.41) is 14.5. The maximum absolute atomic E-state index is 13.4. The first-order valence-corrected chi connectivity index (χ1v) is 9.35. The molecular weight excluding hydrogens is 358 g/mol. The highest BCUT2D eigenvalue weighted by molar-refractivity contribution is 6.13. The van der Waals surface area contributed by atoms with E-state index in [4.69, 9.17) is 0 Å². The number of carbonyl (C=O) groups is 3. The molecule has 4 N–H and O–H groups in total. The number of rotatable bonds is 3. The molecule has 0 aromatic heterocycles. The third-order valence-corrected chi connectivity index (χ3v) is 6.26. The molecule has 28 heavy (non-hydrogen) atoms. The lowest BCUT2D eigenvalue weighted by molar-refractivity contribution is -0.734. The second kappa shape index (κ2) is 5.98. The summed E-state index contributed by atoms with van der Waals surface area (Å²) in [6.45, 7) is -0.112. The van der Waals surface area contributed by atoms with Crippen LogP contribution in [-0.4, -0.2) is 40.4 Å². The van der Waals surface area contributed by atoms with Crippen LogP contribution in [0.5, 0.6) is 0 Å². The second-order valence-corrected chi connectivity index (χ2v) is 7.63. The van der Waals surface area contributed by atoms with E-state index in [0.29, 0.717) is 11.3 Å². The molecule has 5 rings (SSSR count). The van der Waals surface area contributed by atoms with Gasteiger partial charge in [0.15, 0.2) is 0 Å². The number of aliphatic hydroxyl groups is 1. The molecule has 2 aromatic rings. The zero-order valence-electron chi connectivity index (χ0n) is 15.0. The number of anilines is 1. The first kappa shape index (κ1) is 17.1. The van der Waals surface area contributed by atoms with Gasteiger partial charge in [-0.15, -0.1) is 0 Å². The van der Waals surface area contributed by atoms with Crippen molar-refractivity contribution in [3.05, 3.63) is 65.7 Å². The van der Waals surface area contributed by atoms with Gasteiger partial charge in [-0.2, -0.15) is 0 Å². The molecule has 3 aliphatic rings. The van der Waals surface area contributed by atoms with Crippen molar-refractivity contribution in [2.75, 3.05) is 11.9 Å². The molecule has 0 radical (unpaired) electrons. The molecule has 4 atom stereocenters. The Morgan fingerprint density at radius 3 is 2.46 bits per heavy atom. The summed E-state index contributed by atoms with van der Waals surface area (Å²) in [7, 11) is 0. The number of likely N-dealkylation sites (tertiary alicyclic amines) is 1. The van der Waals surface area contributed by atoms with Gasteiger partial charge in [0.05, 0.1) is 18.8 Å². The fraction of sp³-hybridized carbons (Fsp3) is 0.286. The van der Waals surface area contributed by atoms with Gasteiger partial charge in [-0.05, 0) is 11.6 Å². The second-order valence-electron chi connectivity index (χ2n) is 7.63. The number of quaternary nitrogens is 1. The minimum absolute atomic E-state index is 0.170. The predicted molar refractivity (Wildman–Crippen MR) is 98.5 cm³/mol. The molecule has 0 aliphatic carbocycles. The Morgan fingerprint density at radius 2 is 1.71 bits per heavy atom. The monoisotopic (exact) mass is 378 g/mol. The number of fused-ring (bicyclic) bond motifs is 4. The average molecular weight is 378 g/mol. The van der Waals surface area contributed by atoms with Crippen molar-refractivity contribution in [1.29, 1.82) is 0 Å². The summed E-state index contributed by atoms with van der Waals surface area (Å²) in [4.78, 5) is 40.9. The maximum atomic E-state index is 13.4. The summed E-state index contributed by atoms with van der Waals surface area (Å²) in [5.41, 5.74) is 0.989. The van der Waals surface area contributed by atoms with E-state index in [2.05, 4.69) is 5.32 Å². The van der Waals surface area contributed by atoms with E-state index >= 15 is 0 Å². The van der Waals surface area contributed by atoms with E-state index in [1.165, 1.54) is 4.90 Å². The fourth-order valence-electron chi connectivity index (χ4n) is 5.07. The number of hydrogen-bond donors (Lipinski definition) is 3. The van der Waals surface area contributed by atoms with Crippen molar-refractivity contribution >= 4 is 23.4 Å². The topological polar surface area (TPSA) is 103 Å². The van der Waals surface area contributed by atoms with Crippen LogP contribution in [0.2, 0.25) is 0 Å². The normalized spacial score (nSPS) is 30.7. The molecule has 3 aliphatic heterocycles. The molecule has 0 bridgehead atoms. The quantitative estimate of drug-likeness (QED) is 0.631. The zero-order chi connectivity index (χ0) is 19.5. The first-order valence-electron chi connectivity index (χ1n) is 9.35. The number of carbonyl (C=O) groups excluding carboxylic acids is 3. The van der Waals surface area contributed by atoms with Crippen molar-refractivity contribution in [3.8, 4) is 0 Å². The third kappa shape index (κ3) is 2.08. The van der Waals surface area contributed by atoms with Gasteiger partial charge < -0.3 is 15.7 Å². The predicted octanol–water partition coefficient (Wildman–Crippen LogP) is -0.427. The van der Waals surface area contributed by atoms with Crippen LogP contribution in [0.3, 0.4) is 0 Å². The highest BCUT2D eigenvalue weighted by Crippen LogP contribution is 2.48. The number of nitrogens with two attached hydrogens (primary N) is 1. The van der Waals surface area contributed by atoms with Crippen LogP contribution in [-0.2, 0) is 26.5 Å². The van der Waals surface area contributed by atoms with E-state index in [9.17, 15) is 19.5 Å². The Balaban J connectivity index is 1.60. The Labute approximate surface area is 161 Å². The number of aliphatic hydroxyl groups excluding tert-OH is 1. The highest BCUT2D eigenvalue weighted by Gasteiger charge is 2.74. The first-order chi connectivity index (χ1) is 13.6. The molecule has 1 spiro atoms. The van der Waals surface area contributed by atoms with Crippen LogP contribution in [0.1, 0.15) is 11.1 Å². The number of amides is 3. The highest BCUT2D eigenvalue weighted by atomic mass is 16.3. The van der Waals surface area contributed by atoms with Gasteiger partial charge in [0.25, 0.3) is 5.91 Å². The van der Waals surface area contributed by atoms with Crippen molar-refractivity contribution in [3.63, 3.8) is 0 Å². The summed E-state index contributed by atoms with van der Waals surface area (Å²) in [6, 6.07) is 16.0. The van der Waals surface area contributed by atoms with Gasteiger partial charge in [0.1, 0.15) is 17.9 Å². The van der Waals surface area contributed by atoms with Crippen molar-refractivity contribution < 1.29 is 24.8 Å². The Kier molecular flexibility index (Phi) is 3.65. The molecule has 7 heteroatoms. The number of benzene rings is 2. The van der Waals surface area contributed by atoms with Crippen LogP contribution >= 0.6 is 0 Å². The number of hydrogen-bond acceptors (Lipinski definition) is 4. The zero-order valence-corrected chi connectivity index (χ0v) is 15.0. The lowest BCUT2D eigenvalue weighted by Crippen LogP contribution is -2.99. The summed E-state index contributed by atoms with van der Waals surface area (Å²) < 4.78 is 0. The molecule has 7 nitrogen and oxygen atoms in total. The smallest absolute Gasteiger partial charge is 0.291 e. The van der Waals surface area contributed by atoms with Crippen molar-refractivity contribution in [2.45, 2.75) is 18.1 Å². The molecule has 0 saturated carbocycles. The van der Waals surface area contributed by atoms with Crippen LogP contribution in [0.25, 0.3) is 0 Å². The summed E-state index contributed by atoms with van der Waals surface area (Å²) in [6.07, 6.45) is 0. The Hall–Kier alpha value is -3.03. The largest absolute Gasteiger partial charge is 0.390 e. The number of para-hydroxylation sites is 1. The van der Waals surface area contributed by atoms with Crippen LogP contribution in [0, 0.1) is 11.8 Å². The van der Waals surface area contributed by atoms with E-state index in [0.717, 1.165) is 5.56 Å². The van der Waals surface area contributed by atoms with Gasteiger partial charge in [-0.25, -0.2) is 0 Å². The average Bonchev–Trinajstić information content (AvgIpc) is 3.29. The molecule has 3 heterocycles. The number of nitrogens with zero attached hydrogens (tertiary/aromatic N) is 1. The standard InChI is InChI=1S/C21H19N3O4/c25-11-15-16-17(19(27)24(18(16)26)10-12-6-2-1-3-7-12)21(23-15)13-8-4-5-9-14(13)22-20(21)28/h1-9,15-17,23,25H,10-11H2,(H,22,28)/p+1/t15-,16+,17+,21-/m0/s1. The Morgan fingerprint density at radius 1 is 1.00 bits per heavy atom. The molecule has 2 saturated heterocycles. The third-order valence-electron chi connectivity index (χ3n) is 6.26. The summed E-state index contributed by atoms with van der Waals surface area (Å²) >= 11 is 0. The molecule has 2 fully saturated rings. The Bertz CT molecular complexity index is 992. The number of imide groups is 1. The van der Waals surface area contributed by atoms with E-state index in [1.54, 1.807) is 11.4 Å². The van der Waals surface area contributed by atoms with Crippen molar-refractivity contribution in [1.82, 2.24) is 4.90 Å². The van der Waals surface area contributed by atoms with Gasteiger partial charge in [0.2, 0.25) is 17.4 Å². The van der Waals surface area contributed by atoms with E-state index in [1.807, 2.05) is 48.5 Å². The van der Waals surface area contributed by atoms with E-state index < -0.39 is 23.4 Å². The maximum Gasteiger partial charge on any atom is 0.291 e. The van der Waals surface area contributed by atoms with Gasteiger partial charge in [0, 0.05) is 5.56 Å². The number of nitrogens with one attached hydrogen (secondary N) is 1. The molecule has 0 unspecified atom stereocenters. The van der Waals surface area contributed by atoms with Crippen LogP contribution in [0.4, 0.5) is 5.69 Å². The van der Waals surface area contributed by atoms with Crippen molar-refractivity contribution in [2.24, 2.45) is 11.8 Å². The fourth-order valence-corrected chi connectivity index (χ4v) is 5.07. The van der Waals surface area contributed by atoms with Crippen LogP contribution < -0.4 is 10.6 Å². The van der Waals surface area contributed by atoms with Gasteiger partial charge >= 0.3 is 0 Å². The molecule has 2 aromatic carbocycles. The summed E-state index contributed by atoms with van der Waals surface area (Å²) in [5.74, 6) is -2.52. The molecular formula is C21H20N3O4+. The lowest BCUT2D eigenvalue weighted by Gasteiger charge is -2.26. The SMILES string of the molecule is O=C1[C@@H]2[C@H](CO)[NH2+][C@]3(C(=O)Nc4ccccc43)[C@H]2C(=O)N1Cc1ccccc1. The lowest BCUT2D eigenvalue weighted by atomic mass is 9.76.